The van der Waals surface area contributed by atoms with Crippen LogP contribution in [0.15, 0.2) is 0 Å². The molecule has 0 aromatic carbocycles. The molecule has 1 amide bonds. The van der Waals surface area contributed by atoms with E-state index in [-0.39, 0.29) is 0 Å². The number of hydrogen-bond donors (Lipinski definition) is 12. The van der Waals surface area contributed by atoms with E-state index in [1.54, 1.807) is 0 Å². The standard InChI is InChI=1S/C20H35NO16/c1-5(25)21-9-12(28)10(26)6(2-22)34-18(9)20(33)17(32)15(31)16(8(4-24)37-20)36-19-14(30)13(29)11(27)7(3-23)35-19/h6-19,22-24,26-33H,2-4H2,1H3,(H,21,25)/t6-,7-,8-,9-,10-,11+,12-,13+,14-,15+,16-,17-,18?,19+,20?/m1/s1/i1D. The van der Waals surface area contributed by atoms with Crippen LogP contribution in [-0.4, -0.2) is 173 Å². The van der Waals surface area contributed by atoms with Crippen molar-refractivity contribution in [2.75, 3.05) is 19.8 Å². The Morgan fingerprint density at radius 2 is 1.41 bits per heavy atom. The molecule has 0 radical (unpaired) electrons. The zero-order valence-corrected chi connectivity index (χ0v) is 19.4. The summed E-state index contributed by atoms with van der Waals surface area (Å²) in [5.41, 5.74) is 0. The quantitative estimate of drug-likeness (QED) is 0.141. The van der Waals surface area contributed by atoms with Crippen LogP contribution in [0.4, 0.5) is 0 Å². The first kappa shape index (κ1) is 28.9. The van der Waals surface area contributed by atoms with Crippen molar-refractivity contribution in [3.63, 3.8) is 0 Å². The highest BCUT2D eigenvalue weighted by atomic mass is 16.7. The Bertz CT molecular complexity index is 794. The maximum absolute atomic E-state index is 11.9. The second kappa shape index (κ2) is 11.9. The molecule has 0 aromatic rings. The van der Waals surface area contributed by atoms with Gasteiger partial charge >= 0.3 is 0 Å². The van der Waals surface area contributed by atoms with Crippen LogP contribution in [0.5, 0.6) is 0 Å². The first-order valence-electron chi connectivity index (χ1n) is 12.1. The summed E-state index contributed by atoms with van der Waals surface area (Å²) in [6, 6.07) is -1.75. The van der Waals surface area contributed by atoms with Crippen molar-refractivity contribution in [2.24, 2.45) is 0 Å². The van der Waals surface area contributed by atoms with Crippen LogP contribution >= 0.6 is 0 Å². The molecular weight excluding hydrogens is 510 g/mol. The largest absolute Gasteiger partial charge is 0.394 e. The minimum atomic E-state index is -3.05. The molecule has 3 heterocycles. The van der Waals surface area contributed by atoms with Crippen LogP contribution in [0.25, 0.3) is 0 Å². The highest BCUT2D eigenvalue weighted by Crippen LogP contribution is 2.39. The van der Waals surface area contributed by atoms with Crippen LogP contribution in [-0.2, 0) is 23.7 Å². The van der Waals surface area contributed by atoms with Crippen LogP contribution < -0.4 is 5.32 Å². The van der Waals surface area contributed by atoms with Gasteiger partial charge in [-0.2, -0.15) is 0 Å². The van der Waals surface area contributed by atoms with Gasteiger partial charge in [0.2, 0.25) is 11.7 Å². The average molecular weight is 546 g/mol. The van der Waals surface area contributed by atoms with Crippen LogP contribution in [0.3, 0.4) is 0 Å². The fraction of sp³-hybridized carbons (Fsp3) is 0.950. The fourth-order valence-corrected chi connectivity index (χ4v) is 4.72. The van der Waals surface area contributed by atoms with Gasteiger partial charge in [0.15, 0.2) is 6.29 Å². The lowest BCUT2D eigenvalue weighted by molar-refractivity contribution is -0.413. The monoisotopic (exact) mass is 546 g/mol. The Labute approximate surface area is 211 Å². The molecule has 0 aliphatic carbocycles. The molecule has 216 valence electrons. The summed E-state index contributed by atoms with van der Waals surface area (Å²) in [6.07, 6.45) is -24.1. The van der Waals surface area contributed by atoms with Crippen LogP contribution in [0.1, 0.15) is 8.27 Å². The van der Waals surface area contributed by atoms with Crippen molar-refractivity contribution >= 4 is 5.91 Å². The van der Waals surface area contributed by atoms with Crippen LogP contribution in [0.2, 0.25) is 0 Å². The number of carbonyl (C=O) groups excluding carboxylic acids is 1. The molecule has 17 nitrogen and oxygen atoms in total. The number of nitrogens with one attached hydrogen (secondary N) is 1. The number of aliphatic hydroxyl groups is 11. The molecule has 12 N–H and O–H groups in total. The maximum atomic E-state index is 11.9. The van der Waals surface area contributed by atoms with E-state index < -0.39 is 124 Å². The second-order valence-electron chi connectivity index (χ2n) is 9.18. The molecule has 3 rings (SSSR count). The summed E-state index contributed by atoms with van der Waals surface area (Å²) in [5.74, 6) is -4.04. The third-order valence-corrected chi connectivity index (χ3v) is 6.77. The first-order valence-corrected chi connectivity index (χ1v) is 11.4. The molecule has 0 bridgehead atoms. The highest BCUT2D eigenvalue weighted by molar-refractivity contribution is 5.73. The topological polar surface area (TPSA) is 289 Å². The lowest BCUT2D eigenvalue weighted by atomic mass is 9.81. The van der Waals surface area contributed by atoms with E-state index in [1.807, 2.05) is 0 Å². The first-order chi connectivity index (χ1) is 17.9. The average Bonchev–Trinajstić information content (AvgIpc) is 2.91. The smallest absolute Gasteiger partial charge is 0.224 e. The van der Waals surface area contributed by atoms with Crippen LogP contribution in [0, 0.1) is 0 Å². The van der Waals surface area contributed by atoms with Crippen molar-refractivity contribution in [2.45, 2.75) is 98.3 Å². The number of carbonyl (C=O) groups is 1. The van der Waals surface area contributed by atoms with Gasteiger partial charge in [-0.05, 0) is 0 Å². The second-order valence-corrected chi connectivity index (χ2v) is 9.18. The summed E-state index contributed by atoms with van der Waals surface area (Å²) in [4.78, 5) is 11.9. The third-order valence-electron chi connectivity index (χ3n) is 6.77. The van der Waals surface area contributed by atoms with E-state index in [1.165, 1.54) is 0 Å². The zero-order chi connectivity index (χ0) is 28.5. The highest BCUT2D eigenvalue weighted by Gasteiger charge is 2.63. The van der Waals surface area contributed by atoms with E-state index in [2.05, 4.69) is 5.32 Å². The maximum Gasteiger partial charge on any atom is 0.224 e. The Kier molecular flexibility index (Phi) is 9.32. The van der Waals surface area contributed by atoms with Gasteiger partial charge in [-0.3, -0.25) is 4.79 Å². The van der Waals surface area contributed by atoms with Crippen molar-refractivity contribution in [3.05, 3.63) is 0 Å². The van der Waals surface area contributed by atoms with E-state index in [0.29, 0.717) is 0 Å². The van der Waals surface area contributed by atoms with Crippen molar-refractivity contribution < 1.29 is 81.3 Å². The number of amides is 1. The summed E-state index contributed by atoms with van der Waals surface area (Å²) < 4.78 is 28.7. The molecular formula is C20H35NO16. The minimum absolute atomic E-state index is 0.801. The van der Waals surface area contributed by atoms with Crippen molar-refractivity contribution in [1.29, 1.82) is 0 Å². The van der Waals surface area contributed by atoms with Gasteiger partial charge in [0, 0.05) is 8.27 Å². The summed E-state index contributed by atoms with van der Waals surface area (Å²) in [5, 5.41) is 115. The molecule has 3 aliphatic rings. The molecule has 37 heavy (non-hydrogen) atoms. The Morgan fingerprint density at radius 1 is 0.838 bits per heavy atom. The van der Waals surface area contributed by atoms with Gasteiger partial charge in [-0.15, -0.1) is 0 Å². The van der Waals surface area contributed by atoms with Gasteiger partial charge in [-0.25, -0.2) is 0 Å². The predicted molar refractivity (Wildman–Crippen MR) is 113 cm³/mol. The molecule has 0 saturated carbocycles. The zero-order valence-electron chi connectivity index (χ0n) is 20.4. The SMILES string of the molecule is [2H]CC(=O)N[C@H]1C(C2(O)O[C@H](CO)[C@@H](O[C@@H]3O[C@H](CO)[C@H](O)[C@H](O)[C@H]3O)[C@H](O)[C@H]2O)O[C@H](CO)[C@@H](O)[C@@H]1O. The molecule has 2 unspecified atom stereocenters. The number of aliphatic hydroxyl groups excluding tert-OH is 10. The summed E-state index contributed by atoms with van der Waals surface area (Å²) >= 11 is 0. The summed E-state index contributed by atoms with van der Waals surface area (Å²) in [6.45, 7) is -3.55. The number of rotatable bonds is 7. The van der Waals surface area contributed by atoms with Crippen molar-refractivity contribution in [3.8, 4) is 0 Å². The lowest BCUT2D eigenvalue weighted by Crippen LogP contribution is -2.77. The molecule has 0 spiro atoms. The Morgan fingerprint density at radius 3 is 1.97 bits per heavy atom. The van der Waals surface area contributed by atoms with Gasteiger partial charge in [-0.1, -0.05) is 0 Å². The molecule has 0 aromatic heterocycles. The predicted octanol–water partition coefficient (Wildman–Crippen LogP) is -8.04. The third kappa shape index (κ3) is 5.62. The molecule has 3 fully saturated rings. The minimum Gasteiger partial charge on any atom is -0.394 e. The number of hydrogen-bond acceptors (Lipinski definition) is 16. The van der Waals surface area contributed by atoms with E-state index in [0.717, 1.165) is 0 Å². The molecule has 15 atom stereocenters. The normalized spacial score (nSPS) is 51.4. The Hall–Kier alpha value is -1.13. The van der Waals surface area contributed by atoms with E-state index in [9.17, 15) is 61.0 Å². The van der Waals surface area contributed by atoms with Crippen molar-refractivity contribution in [1.82, 2.24) is 5.32 Å². The van der Waals surface area contributed by atoms with Gasteiger partial charge in [0.25, 0.3) is 0 Å². The molecule has 3 saturated heterocycles. The van der Waals surface area contributed by atoms with Gasteiger partial charge < -0.3 is 80.4 Å². The lowest BCUT2D eigenvalue weighted by Gasteiger charge is -2.54. The molecule has 3 aliphatic heterocycles. The van der Waals surface area contributed by atoms with Gasteiger partial charge in [0.05, 0.1) is 25.9 Å². The van der Waals surface area contributed by atoms with Gasteiger partial charge in [0.1, 0.15) is 73.2 Å². The number of ether oxygens (including phenoxy) is 4. The summed E-state index contributed by atoms with van der Waals surface area (Å²) in [7, 11) is 0. The van der Waals surface area contributed by atoms with E-state index >= 15 is 0 Å². The fourth-order valence-electron chi connectivity index (χ4n) is 4.72. The van der Waals surface area contributed by atoms with E-state index in [4.69, 9.17) is 20.3 Å². The molecule has 17 heteroatoms. The Balaban J connectivity index is 1.89.